The van der Waals surface area contributed by atoms with Crippen LogP contribution in [0.2, 0.25) is 5.02 Å². The summed E-state index contributed by atoms with van der Waals surface area (Å²) in [7, 11) is 0. The topological polar surface area (TPSA) is 87.2 Å². The summed E-state index contributed by atoms with van der Waals surface area (Å²) in [6.07, 6.45) is 5.79. The lowest BCUT2D eigenvalue weighted by molar-refractivity contribution is 0.0939. The van der Waals surface area contributed by atoms with Gasteiger partial charge < -0.3 is 15.5 Å². The van der Waals surface area contributed by atoms with Gasteiger partial charge in [-0.3, -0.25) is 9.59 Å². The Kier molecular flexibility index (Phi) is 5.43. The minimum Gasteiger partial charge on any atom is -0.349 e. The third-order valence-electron chi connectivity index (χ3n) is 4.92. The van der Waals surface area contributed by atoms with E-state index in [4.69, 9.17) is 11.6 Å². The van der Waals surface area contributed by atoms with Gasteiger partial charge in [-0.2, -0.15) is 0 Å². The zero-order valence-electron chi connectivity index (χ0n) is 15.4. The van der Waals surface area contributed by atoms with Gasteiger partial charge >= 0.3 is 0 Å². The molecule has 1 aromatic carbocycles. The number of rotatable bonds is 6. The lowest BCUT2D eigenvalue weighted by atomic mass is 10.1. The Morgan fingerprint density at radius 2 is 1.82 bits per heavy atom. The summed E-state index contributed by atoms with van der Waals surface area (Å²) in [4.78, 5) is 35.2. The number of carbonyl (C=O) groups is 2. The van der Waals surface area contributed by atoms with Crippen molar-refractivity contribution in [3.63, 3.8) is 0 Å². The molecule has 2 fully saturated rings. The van der Waals surface area contributed by atoms with Crippen molar-refractivity contribution in [3.8, 4) is 0 Å². The number of nitrogens with zero attached hydrogens (tertiary/aromatic N) is 3. The van der Waals surface area contributed by atoms with Gasteiger partial charge in [-0.25, -0.2) is 9.97 Å². The van der Waals surface area contributed by atoms with Crippen LogP contribution in [-0.2, 0) is 6.54 Å². The smallest absolute Gasteiger partial charge is 0.271 e. The maximum atomic E-state index is 12.5. The van der Waals surface area contributed by atoms with Gasteiger partial charge in [-0.05, 0) is 43.4 Å². The summed E-state index contributed by atoms with van der Waals surface area (Å²) in [6.45, 7) is 2.11. The van der Waals surface area contributed by atoms with E-state index in [0.29, 0.717) is 24.1 Å². The van der Waals surface area contributed by atoms with Crippen LogP contribution in [0.3, 0.4) is 0 Å². The highest BCUT2D eigenvalue weighted by molar-refractivity contribution is 6.33. The van der Waals surface area contributed by atoms with Crippen LogP contribution in [0.25, 0.3) is 0 Å². The van der Waals surface area contributed by atoms with Gasteiger partial charge in [-0.1, -0.05) is 23.7 Å². The van der Waals surface area contributed by atoms with E-state index in [1.807, 2.05) is 12.1 Å². The third-order valence-corrected chi connectivity index (χ3v) is 5.19. The number of carbonyl (C=O) groups excluding carboxylic acids is 2. The minimum atomic E-state index is -0.344. The first-order valence-corrected chi connectivity index (χ1v) is 9.93. The molecule has 1 saturated carbocycles. The van der Waals surface area contributed by atoms with Crippen LogP contribution in [0, 0.1) is 0 Å². The van der Waals surface area contributed by atoms with Crippen LogP contribution in [0.1, 0.15) is 52.1 Å². The van der Waals surface area contributed by atoms with E-state index in [-0.39, 0.29) is 22.5 Å². The van der Waals surface area contributed by atoms with Crippen molar-refractivity contribution in [2.75, 3.05) is 18.0 Å². The van der Waals surface area contributed by atoms with Crippen LogP contribution in [0.5, 0.6) is 0 Å². The molecule has 0 unspecified atom stereocenters. The molecule has 1 aliphatic heterocycles. The molecule has 1 aliphatic carbocycles. The van der Waals surface area contributed by atoms with Gasteiger partial charge in [0.15, 0.2) is 5.69 Å². The van der Waals surface area contributed by atoms with E-state index in [9.17, 15) is 9.59 Å². The van der Waals surface area contributed by atoms with E-state index < -0.39 is 0 Å². The summed E-state index contributed by atoms with van der Waals surface area (Å²) in [5, 5.41) is 6.02. The van der Waals surface area contributed by atoms with Crippen LogP contribution in [0.15, 0.2) is 30.5 Å². The van der Waals surface area contributed by atoms with Crippen molar-refractivity contribution in [2.45, 2.75) is 38.3 Å². The molecule has 2 heterocycles. The molecule has 28 heavy (non-hydrogen) atoms. The van der Waals surface area contributed by atoms with Crippen LogP contribution >= 0.6 is 11.6 Å². The molecule has 0 bridgehead atoms. The van der Waals surface area contributed by atoms with E-state index in [0.717, 1.165) is 44.3 Å². The van der Waals surface area contributed by atoms with E-state index in [1.165, 1.54) is 6.20 Å². The zero-order chi connectivity index (χ0) is 19.5. The number of anilines is 1. The Bertz CT molecular complexity index is 877. The van der Waals surface area contributed by atoms with Crippen LogP contribution in [-0.4, -0.2) is 40.9 Å². The van der Waals surface area contributed by atoms with Crippen molar-refractivity contribution in [1.29, 1.82) is 0 Å². The minimum absolute atomic E-state index is 0.0553. The Morgan fingerprint density at radius 3 is 2.50 bits per heavy atom. The van der Waals surface area contributed by atoms with Crippen molar-refractivity contribution in [2.24, 2.45) is 0 Å². The second kappa shape index (κ2) is 8.14. The molecule has 0 spiro atoms. The first kappa shape index (κ1) is 18.7. The molecule has 0 radical (unpaired) electrons. The standard InChI is InChI=1S/C20H22ClN5O2/c21-16-12-23-20(26-9-1-2-10-26)25-17(16)19(28)22-11-13-3-5-14(6-4-13)18(27)24-15-7-8-15/h3-6,12,15H,1-2,7-11H2,(H,22,28)(H,24,27). The molecule has 4 rings (SSSR count). The van der Waals surface area contributed by atoms with Gasteiger partial charge in [0.25, 0.3) is 11.8 Å². The number of hydrogen-bond acceptors (Lipinski definition) is 5. The number of amides is 2. The highest BCUT2D eigenvalue weighted by atomic mass is 35.5. The quantitative estimate of drug-likeness (QED) is 0.779. The highest BCUT2D eigenvalue weighted by Crippen LogP contribution is 2.20. The van der Waals surface area contributed by atoms with Crippen molar-refractivity contribution in [3.05, 3.63) is 52.3 Å². The number of nitrogens with one attached hydrogen (secondary N) is 2. The summed E-state index contributed by atoms with van der Waals surface area (Å²) < 4.78 is 0. The van der Waals surface area contributed by atoms with E-state index >= 15 is 0 Å². The Morgan fingerprint density at radius 1 is 1.11 bits per heavy atom. The largest absolute Gasteiger partial charge is 0.349 e. The molecule has 2 N–H and O–H groups in total. The fourth-order valence-electron chi connectivity index (χ4n) is 3.12. The van der Waals surface area contributed by atoms with Crippen molar-refractivity contribution in [1.82, 2.24) is 20.6 Å². The number of benzene rings is 1. The van der Waals surface area contributed by atoms with E-state index in [2.05, 4.69) is 25.5 Å². The molecule has 7 nitrogen and oxygen atoms in total. The third kappa shape index (κ3) is 4.42. The monoisotopic (exact) mass is 399 g/mol. The number of aromatic nitrogens is 2. The molecule has 2 aromatic rings. The Balaban J connectivity index is 1.37. The molecular weight excluding hydrogens is 378 g/mol. The number of hydrogen-bond donors (Lipinski definition) is 2. The van der Waals surface area contributed by atoms with Crippen molar-refractivity contribution < 1.29 is 9.59 Å². The van der Waals surface area contributed by atoms with Gasteiger partial charge in [0, 0.05) is 31.2 Å². The Labute approximate surface area is 168 Å². The average molecular weight is 400 g/mol. The van der Waals surface area contributed by atoms with E-state index in [1.54, 1.807) is 12.1 Å². The number of halogens is 1. The highest BCUT2D eigenvalue weighted by Gasteiger charge is 2.23. The molecule has 1 aromatic heterocycles. The van der Waals surface area contributed by atoms with Gasteiger partial charge in [0.2, 0.25) is 5.95 Å². The fourth-order valence-corrected chi connectivity index (χ4v) is 3.30. The maximum absolute atomic E-state index is 12.5. The maximum Gasteiger partial charge on any atom is 0.271 e. The van der Waals surface area contributed by atoms with Crippen LogP contribution in [0.4, 0.5) is 5.95 Å². The SMILES string of the molecule is O=C(NC1CC1)c1ccc(CNC(=O)c2nc(N3CCCC3)ncc2Cl)cc1. The molecular formula is C20H22ClN5O2. The first-order chi connectivity index (χ1) is 13.6. The summed E-state index contributed by atoms with van der Waals surface area (Å²) in [6, 6.07) is 7.53. The molecule has 2 amide bonds. The predicted octanol–water partition coefficient (Wildman–Crippen LogP) is 2.55. The zero-order valence-corrected chi connectivity index (χ0v) is 16.2. The Hall–Kier alpha value is -2.67. The summed E-state index contributed by atoms with van der Waals surface area (Å²) in [5.74, 6) is 0.141. The average Bonchev–Trinajstić information content (AvgIpc) is 3.35. The second-order valence-electron chi connectivity index (χ2n) is 7.19. The predicted molar refractivity (Wildman–Crippen MR) is 107 cm³/mol. The fraction of sp³-hybridized carbons (Fsp3) is 0.400. The molecule has 8 heteroatoms. The van der Waals surface area contributed by atoms with Gasteiger partial charge in [-0.15, -0.1) is 0 Å². The lowest BCUT2D eigenvalue weighted by Gasteiger charge is -2.16. The normalized spacial score (nSPS) is 16.1. The first-order valence-electron chi connectivity index (χ1n) is 9.55. The van der Waals surface area contributed by atoms with Gasteiger partial charge in [0.05, 0.1) is 11.2 Å². The summed E-state index contributed by atoms with van der Waals surface area (Å²) in [5.41, 5.74) is 1.69. The van der Waals surface area contributed by atoms with Gasteiger partial charge in [0.1, 0.15) is 0 Å². The van der Waals surface area contributed by atoms with Crippen LogP contribution < -0.4 is 15.5 Å². The molecule has 1 saturated heterocycles. The molecule has 0 atom stereocenters. The lowest BCUT2D eigenvalue weighted by Crippen LogP contribution is -2.27. The molecule has 2 aliphatic rings. The second-order valence-corrected chi connectivity index (χ2v) is 7.60. The summed E-state index contributed by atoms with van der Waals surface area (Å²) >= 11 is 6.13. The molecule has 146 valence electrons. The van der Waals surface area contributed by atoms with Crippen molar-refractivity contribution >= 4 is 29.4 Å².